The minimum atomic E-state index is -0.332. The number of hydrogen-bond donors (Lipinski definition) is 1. The molecule has 1 aliphatic heterocycles. The molecule has 1 fully saturated rings. The Hall–Kier alpha value is -1.62. The Labute approximate surface area is 101 Å². The summed E-state index contributed by atoms with van der Waals surface area (Å²) < 4.78 is 0. The molecule has 92 valence electrons. The number of nitro groups is 1. The van der Waals surface area contributed by atoms with Crippen LogP contribution >= 0.6 is 0 Å². The van der Waals surface area contributed by atoms with E-state index in [0.717, 1.165) is 25.2 Å². The number of likely N-dealkylation sites (tertiary alicyclic amines) is 1. The second-order valence-electron chi connectivity index (χ2n) is 4.60. The third kappa shape index (κ3) is 2.55. The summed E-state index contributed by atoms with van der Waals surface area (Å²) in [6, 6.07) is 5.56. The molecule has 2 rings (SSSR count). The van der Waals surface area contributed by atoms with E-state index >= 15 is 0 Å². The molecular weight excluding hydrogens is 218 g/mol. The molecule has 1 atom stereocenters. The zero-order valence-corrected chi connectivity index (χ0v) is 10.1. The number of hydrogen-bond acceptors (Lipinski definition) is 4. The normalized spacial score (nSPS) is 20.5. The van der Waals surface area contributed by atoms with Gasteiger partial charge in [-0.1, -0.05) is 6.07 Å². The van der Waals surface area contributed by atoms with Gasteiger partial charge in [-0.3, -0.25) is 10.1 Å². The highest BCUT2D eigenvalue weighted by atomic mass is 16.6. The summed E-state index contributed by atoms with van der Waals surface area (Å²) in [4.78, 5) is 12.8. The van der Waals surface area contributed by atoms with Gasteiger partial charge in [0.1, 0.15) is 0 Å². The van der Waals surface area contributed by atoms with Crippen LogP contribution in [0.2, 0.25) is 0 Å². The van der Waals surface area contributed by atoms with Gasteiger partial charge in [0, 0.05) is 29.9 Å². The van der Waals surface area contributed by atoms with Crippen molar-refractivity contribution in [1.29, 1.82) is 0 Å². The molecule has 0 spiro atoms. The van der Waals surface area contributed by atoms with Crippen LogP contribution in [0.5, 0.6) is 0 Å². The van der Waals surface area contributed by atoms with E-state index in [4.69, 9.17) is 0 Å². The van der Waals surface area contributed by atoms with Gasteiger partial charge >= 0.3 is 0 Å². The number of nitrogens with one attached hydrogen (secondary N) is 1. The summed E-state index contributed by atoms with van der Waals surface area (Å²) in [5.74, 6) is 0. The van der Waals surface area contributed by atoms with E-state index in [2.05, 4.69) is 17.3 Å². The average molecular weight is 235 g/mol. The molecule has 0 bridgehead atoms. The van der Waals surface area contributed by atoms with E-state index in [9.17, 15) is 10.1 Å². The molecule has 0 radical (unpaired) electrons. The number of nitro benzene ring substituents is 1. The zero-order valence-electron chi connectivity index (χ0n) is 10.1. The monoisotopic (exact) mass is 235 g/mol. The van der Waals surface area contributed by atoms with Crippen molar-refractivity contribution in [1.82, 2.24) is 4.90 Å². The molecule has 17 heavy (non-hydrogen) atoms. The van der Waals surface area contributed by atoms with Crippen molar-refractivity contribution in [3.63, 3.8) is 0 Å². The lowest BCUT2D eigenvalue weighted by Crippen LogP contribution is -2.23. The molecule has 0 amide bonds. The van der Waals surface area contributed by atoms with E-state index in [-0.39, 0.29) is 10.6 Å². The van der Waals surface area contributed by atoms with Crippen molar-refractivity contribution in [3.05, 3.63) is 33.9 Å². The fourth-order valence-electron chi connectivity index (χ4n) is 2.25. The molecule has 1 aromatic carbocycles. The standard InChI is InChI=1S/C12H17N3O2/c1-9-11(4-3-5-12(9)15(16)17)13-10-6-7-14(2)8-10/h3-5,10,13H,6-8H2,1-2H3. The van der Waals surface area contributed by atoms with Crippen LogP contribution in [0.4, 0.5) is 11.4 Å². The number of nitrogens with zero attached hydrogens (tertiary/aromatic N) is 2. The largest absolute Gasteiger partial charge is 0.381 e. The van der Waals surface area contributed by atoms with E-state index in [0.29, 0.717) is 11.6 Å². The molecule has 1 aromatic rings. The number of likely N-dealkylation sites (N-methyl/N-ethyl adjacent to an activating group) is 1. The highest BCUT2D eigenvalue weighted by Gasteiger charge is 2.21. The van der Waals surface area contributed by atoms with Crippen molar-refractivity contribution in [3.8, 4) is 0 Å². The zero-order chi connectivity index (χ0) is 12.4. The van der Waals surface area contributed by atoms with Crippen LogP contribution in [0.1, 0.15) is 12.0 Å². The molecule has 1 heterocycles. The maximum absolute atomic E-state index is 10.8. The van der Waals surface area contributed by atoms with E-state index in [1.165, 1.54) is 0 Å². The molecule has 1 saturated heterocycles. The first-order valence-corrected chi connectivity index (χ1v) is 5.77. The van der Waals surface area contributed by atoms with Crippen molar-refractivity contribution < 1.29 is 4.92 Å². The highest BCUT2D eigenvalue weighted by Crippen LogP contribution is 2.26. The molecule has 1 unspecified atom stereocenters. The lowest BCUT2D eigenvalue weighted by atomic mass is 10.1. The van der Waals surface area contributed by atoms with Gasteiger partial charge in [-0.05, 0) is 33.0 Å². The number of rotatable bonds is 3. The third-order valence-electron chi connectivity index (χ3n) is 3.25. The van der Waals surface area contributed by atoms with Gasteiger partial charge in [-0.25, -0.2) is 0 Å². The first kappa shape index (κ1) is 11.9. The summed E-state index contributed by atoms with van der Waals surface area (Å²) >= 11 is 0. The Balaban J connectivity index is 2.16. The van der Waals surface area contributed by atoms with Gasteiger partial charge in [-0.2, -0.15) is 0 Å². The molecule has 0 aromatic heterocycles. The summed E-state index contributed by atoms with van der Waals surface area (Å²) in [5, 5.41) is 14.2. The second-order valence-corrected chi connectivity index (χ2v) is 4.60. The third-order valence-corrected chi connectivity index (χ3v) is 3.25. The highest BCUT2D eigenvalue weighted by molar-refractivity contribution is 5.60. The predicted molar refractivity (Wildman–Crippen MR) is 67.4 cm³/mol. The molecule has 0 saturated carbocycles. The van der Waals surface area contributed by atoms with Crippen LogP contribution in [0.15, 0.2) is 18.2 Å². The summed E-state index contributed by atoms with van der Waals surface area (Å²) in [7, 11) is 2.09. The Kier molecular flexibility index (Phi) is 3.28. The van der Waals surface area contributed by atoms with Gasteiger partial charge in [0.15, 0.2) is 0 Å². The number of benzene rings is 1. The van der Waals surface area contributed by atoms with Gasteiger partial charge in [0.25, 0.3) is 5.69 Å². The van der Waals surface area contributed by atoms with Crippen molar-refractivity contribution in [2.75, 3.05) is 25.5 Å². The lowest BCUT2D eigenvalue weighted by Gasteiger charge is -2.16. The Bertz CT molecular complexity index is 434. The van der Waals surface area contributed by atoms with Crippen LogP contribution in [0.25, 0.3) is 0 Å². The van der Waals surface area contributed by atoms with Crippen LogP contribution in [-0.4, -0.2) is 36.0 Å². The minimum Gasteiger partial charge on any atom is -0.381 e. The molecule has 5 heteroatoms. The lowest BCUT2D eigenvalue weighted by molar-refractivity contribution is -0.385. The minimum absolute atomic E-state index is 0.182. The Morgan fingerprint density at radius 2 is 2.29 bits per heavy atom. The summed E-state index contributed by atoms with van der Waals surface area (Å²) in [5.41, 5.74) is 1.77. The van der Waals surface area contributed by atoms with Crippen molar-refractivity contribution >= 4 is 11.4 Å². The first-order valence-electron chi connectivity index (χ1n) is 5.77. The molecule has 1 aliphatic rings. The summed E-state index contributed by atoms with van der Waals surface area (Å²) in [6.45, 7) is 3.85. The first-order chi connectivity index (χ1) is 8.08. The Morgan fingerprint density at radius 3 is 2.88 bits per heavy atom. The molecule has 0 aliphatic carbocycles. The molecular formula is C12H17N3O2. The SMILES string of the molecule is Cc1c(NC2CCN(C)C2)cccc1[N+](=O)[O-]. The van der Waals surface area contributed by atoms with Gasteiger partial charge < -0.3 is 10.2 Å². The quantitative estimate of drug-likeness (QED) is 0.643. The smallest absolute Gasteiger partial charge is 0.274 e. The van der Waals surface area contributed by atoms with Crippen LogP contribution in [0.3, 0.4) is 0 Å². The maximum atomic E-state index is 10.8. The van der Waals surface area contributed by atoms with Gasteiger partial charge in [-0.15, -0.1) is 0 Å². The Morgan fingerprint density at radius 1 is 1.53 bits per heavy atom. The molecule has 5 nitrogen and oxygen atoms in total. The fourth-order valence-corrected chi connectivity index (χ4v) is 2.25. The van der Waals surface area contributed by atoms with Crippen LogP contribution in [0, 0.1) is 17.0 Å². The number of anilines is 1. The topological polar surface area (TPSA) is 58.4 Å². The van der Waals surface area contributed by atoms with Crippen LogP contribution in [-0.2, 0) is 0 Å². The predicted octanol–water partition coefficient (Wildman–Crippen LogP) is 2.02. The molecule has 1 N–H and O–H groups in total. The van der Waals surface area contributed by atoms with E-state index < -0.39 is 0 Å². The second kappa shape index (κ2) is 4.71. The van der Waals surface area contributed by atoms with Crippen LogP contribution < -0.4 is 5.32 Å². The van der Waals surface area contributed by atoms with E-state index in [1.807, 2.05) is 6.07 Å². The van der Waals surface area contributed by atoms with Gasteiger partial charge in [0.2, 0.25) is 0 Å². The van der Waals surface area contributed by atoms with Crippen molar-refractivity contribution in [2.45, 2.75) is 19.4 Å². The van der Waals surface area contributed by atoms with Crippen molar-refractivity contribution in [2.24, 2.45) is 0 Å². The van der Waals surface area contributed by atoms with E-state index in [1.54, 1.807) is 19.1 Å². The fraction of sp³-hybridized carbons (Fsp3) is 0.500. The summed E-state index contributed by atoms with van der Waals surface area (Å²) in [6.07, 6.45) is 1.08. The maximum Gasteiger partial charge on any atom is 0.274 e. The average Bonchev–Trinajstić information content (AvgIpc) is 2.67. The van der Waals surface area contributed by atoms with Gasteiger partial charge in [0.05, 0.1) is 4.92 Å².